The summed E-state index contributed by atoms with van der Waals surface area (Å²) in [4.78, 5) is 11.6. The smallest absolute Gasteiger partial charge is 0.253 e. The third-order valence-corrected chi connectivity index (χ3v) is 4.12. The summed E-state index contributed by atoms with van der Waals surface area (Å²) < 4.78 is 26.9. The van der Waals surface area contributed by atoms with Gasteiger partial charge in [0.15, 0.2) is 5.78 Å². The van der Waals surface area contributed by atoms with Crippen LogP contribution in [0.5, 0.6) is 0 Å². The normalized spacial score (nSPS) is 49.1. The average Bonchev–Trinajstić information content (AvgIpc) is 2.27. The van der Waals surface area contributed by atoms with Gasteiger partial charge in [-0.25, -0.2) is 8.78 Å². The largest absolute Gasteiger partial charge is 0.382 e. The van der Waals surface area contributed by atoms with E-state index in [1.165, 1.54) is 6.92 Å². The fraction of sp³-hybridized carbons (Fsp3) is 0.909. The lowest BCUT2D eigenvalue weighted by Gasteiger charge is -2.42. The number of aliphatic hydroxyl groups is 1. The van der Waals surface area contributed by atoms with E-state index in [9.17, 15) is 18.7 Å². The van der Waals surface area contributed by atoms with E-state index in [0.29, 0.717) is 0 Å². The lowest BCUT2D eigenvalue weighted by Crippen LogP contribution is -2.53. The third-order valence-electron chi connectivity index (χ3n) is 4.12. The van der Waals surface area contributed by atoms with E-state index in [1.807, 2.05) is 6.92 Å². The molecule has 0 aromatic rings. The van der Waals surface area contributed by atoms with Crippen LogP contribution in [-0.2, 0) is 4.79 Å². The maximum atomic E-state index is 13.5. The Morgan fingerprint density at radius 1 is 1.40 bits per heavy atom. The first-order chi connectivity index (χ1) is 6.77. The standard InChI is InChI=1S/C11H16F2O2/c1-6-3-9(14)10(15)5-11(12,13)7(2)4-8(6)10/h6-8,15H,3-5H2,1-2H3. The van der Waals surface area contributed by atoms with Crippen LogP contribution in [0.15, 0.2) is 0 Å². The predicted molar refractivity (Wildman–Crippen MR) is 50.6 cm³/mol. The highest BCUT2D eigenvalue weighted by Crippen LogP contribution is 2.53. The molecule has 2 saturated carbocycles. The second-order valence-corrected chi connectivity index (χ2v) is 5.21. The molecule has 0 saturated heterocycles. The molecule has 0 bridgehead atoms. The Morgan fingerprint density at radius 3 is 2.60 bits per heavy atom. The van der Waals surface area contributed by atoms with E-state index in [0.717, 1.165) is 0 Å². The van der Waals surface area contributed by atoms with Crippen molar-refractivity contribution in [1.29, 1.82) is 0 Å². The summed E-state index contributed by atoms with van der Waals surface area (Å²) in [7, 11) is 0. The van der Waals surface area contributed by atoms with Crippen molar-refractivity contribution in [2.75, 3.05) is 0 Å². The maximum absolute atomic E-state index is 13.5. The van der Waals surface area contributed by atoms with Gasteiger partial charge >= 0.3 is 0 Å². The number of halogens is 2. The average molecular weight is 218 g/mol. The van der Waals surface area contributed by atoms with Crippen molar-refractivity contribution in [1.82, 2.24) is 0 Å². The minimum absolute atomic E-state index is 0.0288. The molecule has 0 radical (unpaired) electrons. The SMILES string of the molecule is CC1CC(=O)C2(O)CC(F)(F)C(C)CC12. The molecule has 2 rings (SSSR count). The van der Waals surface area contributed by atoms with Gasteiger partial charge in [0.1, 0.15) is 5.60 Å². The molecule has 0 spiro atoms. The Hall–Kier alpha value is -0.510. The number of carbonyl (C=O) groups excluding carboxylic acids is 1. The Labute approximate surface area is 87.7 Å². The summed E-state index contributed by atoms with van der Waals surface area (Å²) in [5.74, 6) is -4.30. The molecule has 2 aliphatic rings. The maximum Gasteiger partial charge on any atom is 0.253 e. The topological polar surface area (TPSA) is 37.3 Å². The molecular formula is C11H16F2O2. The van der Waals surface area contributed by atoms with E-state index in [4.69, 9.17) is 0 Å². The molecule has 4 unspecified atom stereocenters. The van der Waals surface area contributed by atoms with E-state index < -0.39 is 29.6 Å². The van der Waals surface area contributed by atoms with Crippen molar-refractivity contribution >= 4 is 5.78 Å². The summed E-state index contributed by atoms with van der Waals surface area (Å²) in [5, 5.41) is 10.1. The number of carbonyl (C=O) groups is 1. The van der Waals surface area contributed by atoms with Gasteiger partial charge in [-0.2, -0.15) is 0 Å². The summed E-state index contributed by atoms with van der Waals surface area (Å²) >= 11 is 0. The van der Waals surface area contributed by atoms with Gasteiger partial charge < -0.3 is 5.11 Å². The number of hydrogen-bond acceptors (Lipinski definition) is 2. The van der Waals surface area contributed by atoms with Crippen LogP contribution in [0.1, 0.15) is 33.1 Å². The monoisotopic (exact) mass is 218 g/mol. The molecule has 2 aliphatic carbocycles. The molecule has 86 valence electrons. The summed E-state index contributed by atoms with van der Waals surface area (Å²) in [6.45, 7) is 3.35. The number of rotatable bonds is 0. The second kappa shape index (κ2) is 3.00. The highest BCUT2D eigenvalue weighted by molar-refractivity contribution is 5.90. The minimum Gasteiger partial charge on any atom is -0.382 e. The molecule has 0 aliphatic heterocycles. The molecular weight excluding hydrogens is 202 g/mol. The van der Waals surface area contributed by atoms with Crippen molar-refractivity contribution in [3.63, 3.8) is 0 Å². The zero-order valence-corrected chi connectivity index (χ0v) is 8.96. The Balaban J connectivity index is 2.33. The first-order valence-electron chi connectivity index (χ1n) is 5.41. The Morgan fingerprint density at radius 2 is 2.00 bits per heavy atom. The number of alkyl halides is 2. The van der Waals surface area contributed by atoms with Crippen molar-refractivity contribution in [2.24, 2.45) is 17.8 Å². The van der Waals surface area contributed by atoms with E-state index >= 15 is 0 Å². The van der Waals surface area contributed by atoms with E-state index in [1.54, 1.807) is 0 Å². The second-order valence-electron chi connectivity index (χ2n) is 5.21. The lowest BCUT2D eigenvalue weighted by atomic mass is 9.69. The van der Waals surface area contributed by atoms with Gasteiger partial charge in [-0.15, -0.1) is 0 Å². The van der Waals surface area contributed by atoms with Gasteiger partial charge in [0.05, 0.1) is 0 Å². The van der Waals surface area contributed by atoms with Gasteiger partial charge in [-0.05, 0) is 18.3 Å². The van der Waals surface area contributed by atoms with Crippen LogP contribution < -0.4 is 0 Å². The summed E-state index contributed by atoms with van der Waals surface area (Å²) in [5.41, 5.74) is -1.75. The first-order valence-corrected chi connectivity index (χ1v) is 5.41. The molecule has 0 aromatic heterocycles. The zero-order chi connectivity index (χ0) is 11.4. The van der Waals surface area contributed by atoms with E-state index in [-0.39, 0.29) is 24.7 Å². The zero-order valence-electron chi connectivity index (χ0n) is 8.96. The number of ketones is 1. The van der Waals surface area contributed by atoms with Gasteiger partial charge in [0, 0.05) is 18.8 Å². The van der Waals surface area contributed by atoms with Crippen LogP contribution in [0.2, 0.25) is 0 Å². The number of Topliss-reactive ketones (excluding diaryl/α,β-unsaturated/α-hetero) is 1. The highest BCUT2D eigenvalue weighted by Gasteiger charge is 2.62. The van der Waals surface area contributed by atoms with Crippen LogP contribution >= 0.6 is 0 Å². The van der Waals surface area contributed by atoms with Crippen molar-refractivity contribution < 1.29 is 18.7 Å². The first kappa shape index (κ1) is 11.0. The Bertz CT molecular complexity index is 303. The highest BCUT2D eigenvalue weighted by atomic mass is 19.3. The predicted octanol–water partition coefficient (Wildman–Crippen LogP) is 2.01. The molecule has 2 fully saturated rings. The van der Waals surface area contributed by atoms with Crippen LogP contribution in [0.25, 0.3) is 0 Å². The van der Waals surface area contributed by atoms with Crippen LogP contribution in [0.4, 0.5) is 8.78 Å². The molecule has 1 N–H and O–H groups in total. The van der Waals surface area contributed by atoms with Gasteiger partial charge in [-0.3, -0.25) is 4.79 Å². The van der Waals surface area contributed by atoms with E-state index in [2.05, 4.69) is 0 Å². The van der Waals surface area contributed by atoms with Crippen LogP contribution in [0.3, 0.4) is 0 Å². The minimum atomic E-state index is -2.91. The van der Waals surface area contributed by atoms with Crippen molar-refractivity contribution in [2.45, 2.75) is 44.6 Å². The molecule has 15 heavy (non-hydrogen) atoms. The fourth-order valence-corrected chi connectivity index (χ4v) is 3.03. The van der Waals surface area contributed by atoms with Crippen LogP contribution in [-0.4, -0.2) is 22.4 Å². The summed E-state index contributed by atoms with van der Waals surface area (Å²) in [6, 6.07) is 0. The van der Waals surface area contributed by atoms with Crippen molar-refractivity contribution in [3.8, 4) is 0 Å². The number of fused-ring (bicyclic) bond motifs is 1. The quantitative estimate of drug-likeness (QED) is 0.675. The lowest BCUT2D eigenvalue weighted by molar-refractivity contribution is -0.181. The molecule has 0 heterocycles. The van der Waals surface area contributed by atoms with Crippen molar-refractivity contribution in [3.05, 3.63) is 0 Å². The molecule has 4 atom stereocenters. The number of hydrogen-bond donors (Lipinski definition) is 1. The van der Waals surface area contributed by atoms with Crippen LogP contribution in [0, 0.1) is 17.8 Å². The fourth-order valence-electron chi connectivity index (χ4n) is 3.03. The summed E-state index contributed by atoms with van der Waals surface area (Å²) in [6.07, 6.45) is -0.199. The molecule has 4 heteroatoms. The van der Waals surface area contributed by atoms with Gasteiger partial charge in [-0.1, -0.05) is 13.8 Å². The molecule has 0 amide bonds. The third kappa shape index (κ3) is 1.41. The van der Waals surface area contributed by atoms with Gasteiger partial charge in [0.2, 0.25) is 0 Å². The molecule has 2 nitrogen and oxygen atoms in total. The molecule has 0 aromatic carbocycles. The Kier molecular flexibility index (Phi) is 2.20. The van der Waals surface area contributed by atoms with Gasteiger partial charge in [0.25, 0.3) is 5.92 Å².